The number of unbranched alkanes of at least 4 members (excludes halogenated alkanes) is 2. The summed E-state index contributed by atoms with van der Waals surface area (Å²) in [4.78, 5) is 2.43. The summed E-state index contributed by atoms with van der Waals surface area (Å²) in [5.41, 5.74) is 8.72. The lowest BCUT2D eigenvalue weighted by atomic mass is 10.1. The Bertz CT molecular complexity index is 435. The Labute approximate surface area is 122 Å². The topological polar surface area (TPSA) is 61.8 Å². The number of rotatable bonds is 8. The van der Waals surface area contributed by atoms with Crippen LogP contribution in [0.15, 0.2) is 23.4 Å². The van der Waals surface area contributed by atoms with E-state index in [-0.39, 0.29) is 5.84 Å². The fraction of sp³-hybridized carbons (Fsp3) is 0.562. The second-order valence-corrected chi connectivity index (χ2v) is 5.18. The van der Waals surface area contributed by atoms with Crippen molar-refractivity contribution in [3.8, 4) is 0 Å². The third-order valence-electron chi connectivity index (χ3n) is 3.52. The van der Waals surface area contributed by atoms with Crippen molar-refractivity contribution < 1.29 is 5.21 Å². The average molecular weight is 277 g/mol. The molecule has 0 fully saturated rings. The van der Waals surface area contributed by atoms with Crippen molar-refractivity contribution in [2.24, 2.45) is 10.9 Å². The van der Waals surface area contributed by atoms with Crippen LogP contribution >= 0.6 is 0 Å². The minimum atomic E-state index is 0.169. The largest absolute Gasteiger partial charge is 0.409 e. The van der Waals surface area contributed by atoms with Gasteiger partial charge in [0.2, 0.25) is 0 Å². The van der Waals surface area contributed by atoms with Crippen molar-refractivity contribution in [2.45, 2.75) is 46.5 Å². The van der Waals surface area contributed by atoms with Crippen molar-refractivity contribution in [3.05, 3.63) is 29.3 Å². The maximum absolute atomic E-state index is 8.78. The van der Waals surface area contributed by atoms with Gasteiger partial charge >= 0.3 is 0 Å². The molecule has 1 rings (SSSR count). The number of benzene rings is 1. The Balaban J connectivity index is 2.93. The molecule has 0 aliphatic carbocycles. The van der Waals surface area contributed by atoms with Crippen LogP contribution in [0.1, 0.15) is 50.7 Å². The quantitative estimate of drug-likeness (QED) is 0.331. The number of oxime groups is 1. The molecule has 112 valence electrons. The van der Waals surface area contributed by atoms with Gasteiger partial charge in [-0.25, -0.2) is 0 Å². The second kappa shape index (κ2) is 8.46. The van der Waals surface area contributed by atoms with E-state index in [1.54, 1.807) is 0 Å². The van der Waals surface area contributed by atoms with Crippen LogP contribution in [0.4, 0.5) is 5.69 Å². The van der Waals surface area contributed by atoms with E-state index in [2.05, 4.69) is 36.0 Å². The molecule has 0 unspecified atom stereocenters. The Kier molecular flexibility index (Phi) is 6.91. The molecule has 0 spiro atoms. The smallest absolute Gasteiger partial charge is 0.170 e. The SMILES string of the molecule is CCCCN(CCCC)c1ccc(/C(N)=N/O)c(C)c1. The number of anilines is 1. The van der Waals surface area contributed by atoms with Crippen LogP contribution < -0.4 is 10.6 Å². The van der Waals surface area contributed by atoms with Crippen LogP contribution in [-0.2, 0) is 0 Å². The van der Waals surface area contributed by atoms with Gasteiger partial charge in [-0.15, -0.1) is 0 Å². The molecule has 0 saturated heterocycles. The Morgan fingerprint density at radius 2 is 1.80 bits per heavy atom. The van der Waals surface area contributed by atoms with Crippen molar-refractivity contribution in [1.29, 1.82) is 0 Å². The first-order valence-electron chi connectivity index (χ1n) is 7.47. The predicted molar refractivity (Wildman–Crippen MR) is 85.7 cm³/mol. The molecule has 0 heterocycles. The Hall–Kier alpha value is -1.71. The van der Waals surface area contributed by atoms with Gasteiger partial charge in [0.1, 0.15) is 0 Å². The van der Waals surface area contributed by atoms with E-state index in [4.69, 9.17) is 10.9 Å². The summed E-state index contributed by atoms with van der Waals surface area (Å²) in [6.45, 7) is 8.59. The van der Waals surface area contributed by atoms with Crippen LogP contribution in [0.2, 0.25) is 0 Å². The highest BCUT2D eigenvalue weighted by molar-refractivity contribution is 5.98. The molecule has 20 heavy (non-hydrogen) atoms. The summed E-state index contributed by atoms with van der Waals surface area (Å²) in [6, 6.07) is 6.12. The molecule has 4 nitrogen and oxygen atoms in total. The number of hydrogen-bond donors (Lipinski definition) is 2. The van der Waals surface area contributed by atoms with Crippen LogP contribution in [-0.4, -0.2) is 24.1 Å². The summed E-state index contributed by atoms with van der Waals surface area (Å²) in [5, 5.41) is 11.9. The van der Waals surface area contributed by atoms with Crippen molar-refractivity contribution >= 4 is 11.5 Å². The summed E-state index contributed by atoms with van der Waals surface area (Å²) >= 11 is 0. The Morgan fingerprint density at radius 1 is 1.20 bits per heavy atom. The number of aryl methyl sites for hydroxylation is 1. The van der Waals surface area contributed by atoms with Gasteiger partial charge in [-0.2, -0.15) is 0 Å². The molecule has 4 heteroatoms. The zero-order valence-corrected chi connectivity index (χ0v) is 12.9. The van der Waals surface area contributed by atoms with Gasteiger partial charge in [-0.3, -0.25) is 0 Å². The zero-order valence-electron chi connectivity index (χ0n) is 12.9. The van der Waals surface area contributed by atoms with Gasteiger partial charge in [0.25, 0.3) is 0 Å². The van der Waals surface area contributed by atoms with E-state index < -0.39 is 0 Å². The number of amidine groups is 1. The molecule has 0 amide bonds. The third-order valence-corrected chi connectivity index (χ3v) is 3.52. The van der Waals surface area contributed by atoms with Gasteiger partial charge in [0, 0.05) is 24.3 Å². The molecule has 0 aliphatic heterocycles. The van der Waals surface area contributed by atoms with E-state index in [9.17, 15) is 0 Å². The molecule has 0 radical (unpaired) electrons. The summed E-state index contributed by atoms with van der Waals surface area (Å²) in [7, 11) is 0. The molecular formula is C16H27N3O. The first kappa shape index (κ1) is 16.3. The normalized spacial score (nSPS) is 11.7. The molecule has 0 aromatic heterocycles. The van der Waals surface area contributed by atoms with E-state index in [0.29, 0.717) is 0 Å². The molecule has 1 aromatic carbocycles. The first-order chi connectivity index (χ1) is 9.63. The second-order valence-electron chi connectivity index (χ2n) is 5.18. The molecule has 0 aliphatic rings. The number of nitrogens with zero attached hydrogens (tertiary/aromatic N) is 2. The first-order valence-corrected chi connectivity index (χ1v) is 7.47. The highest BCUT2D eigenvalue weighted by Gasteiger charge is 2.09. The van der Waals surface area contributed by atoms with Crippen LogP contribution in [0.5, 0.6) is 0 Å². The lowest BCUT2D eigenvalue weighted by Crippen LogP contribution is -2.26. The van der Waals surface area contributed by atoms with Gasteiger partial charge in [0.05, 0.1) is 0 Å². The van der Waals surface area contributed by atoms with Gasteiger partial charge in [0.15, 0.2) is 5.84 Å². The minimum absolute atomic E-state index is 0.169. The summed E-state index contributed by atoms with van der Waals surface area (Å²) < 4.78 is 0. The molecule has 3 N–H and O–H groups in total. The maximum atomic E-state index is 8.78. The fourth-order valence-electron chi connectivity index (χ4n) is 2.25. The molecule has 1 aromatic rings. The number of hydrogen-bond acceptors (Lipinski definition) is 3. The molecule has 0 atom stereocenters. The van der Waals surface area contributed by atoms with Crippen LogP contribution in [0.3, 0.4) is 0 Å². The predicted octanol–water partition coefficient (Wildman–Crippen LogP) is 3.50. The highest BCUT2D eigenvalue weighted by Crippen LogP contribution is 2.20. The summed E-state index contributed by atoms with van der Waals surface area (Å²) in [6.07, 6.45) is 4.79. The molecule has 0 bridgehead atoms. The van der Waals surface area contributed by atoms with E-state index in [1.807, 2.05) is 13.0 Å². The Morgan fingerprint density at radius 3 is 2.25 bits per heavy atom. The number of nitrogens with two attached hydrogens (primary N) is 1. The van der Waals surface area contributed by atoms with Crippen LogP contribution in [0, 0.1) is 6.92 Å². The molecular weight excluding hydrogens is 250 g/mol. The van der Waals surface area contributed by atoms with Crippen molar-refractivity contribution in [2.75, 3.05) is 18.0 Å². The standard InChI is InChI=1S/C16H27N3O/c1-4-6-10-19(11-7-5-2)14-8-9-15(13(3)12-14)16(17)18-20/h8-9,12,20H,4-7,10-11H2,1-3H3,(H2,17,18). The van der Waals surface area contributed by atoms with Crippen molar-refractivity contribution in [3.63, 3.8) is 0 Å². The monoisotopic (exact) mass is 277 g/mol. The zero-order chi connectivity index (χ0) is 15.0. The van der Waals surface area contributed by atoms with E-state index >= 15 is 0 Å². The molecule has 0 saturated carbocycles. The highest BCUT2D eigenvalue weighted by atomic mass is 16.4. The minimum Gasteiger partial charge on any atom is -0.409 e. The summed E-state index contributed by atoms with van der Waals surface area (Å²) in [5.74, 6) is 0.169. The van der Waals surface area contributed by atoms with E-state index in [1.165, 1.54) is 31.4 Å². The van der Waals surface area contributed by atoms with Crippen molar-refractivity contribution in [1.82, 2.24) is 0 Å². The third kappa shape index (κ3) is 4.44. The average Bonchev–Trinajstić information content (AvgIpc) is 2.46. The lowest BCUT2D eigenvalue weighted by Gasteiger charge is -2.25. The van der Waals surface area contributed by atoms with Crippen LogP contribution in [0.25, 0.3) is 0 Å². The van der Waals surface area contributed by atoms with Gasteiger partial charge in [-0.1, -0.05) is 31.8 Å². The van der Waals surface area contributed by atoms with Gasteiger partial charge in [-0.05, 0) is 43.5 Å². The maximum Gasteiger partial charge on any atom is 0.170 e. The lowest BCUT2D eigenvalue weighted by molar-refractivity contribution is 0.318. The van der Waals surface area contributed by atoms with Gasteiger partial charge < -0.3 is 15.8 Å². The van der Waals surface area contributed by atoms with E-state index in [0.717, 1.165) is 24.2 Å². The fourth-order valence-corrected chi connectivity index (χ4v) is 2.25.